The van der Waals surface area contributed by atoms with E-state index in [1.807, 2.05) is 44.2 Å². The molecule has 0 radical (unpaired) electrons. The molecule has 0 aromatic heterocycles. The maximum atomic E-state index is 13.5. The van der Waals surface area contributed by atoms with Crippen LogP contribution in [0.3, 0.4) is 0 Å². The predicted octanol–water partition coefficient (Wildman–Crippen LogP) is 2.28. The van der Waals surface area contributed by atoms with Crippen molar-refractivity contribution in [3.63, 3.8) is 0 Å². The molecule has 16 heteroatoms. The van der Waals surface area contributed by atoms with Crippen molar-refractivity contribution in [3.05, 3.63) is 64.7 Å². The third-order valence-electron chi connectivity index (χ3n) is 6.78. The number of hydrogen-bond acceptors (Lipinski definition) is 7. The molecule has 2 aromatic rings. The number of carboxylic acids is 1. The molecule has 0 saturated carbocycles. The number of ketones is 1. The van der Waals surface area contributed by atoms with Gasteiger partial charge < -0.3 is 32.7 Å². The number of guanidine groups is 1. The Hall–Kier alpha value is -4.47. The number of phenols is 1. The summed E-state index contributed by atoms with van der Waals surface area (Å²) in [5, 5.41) is 19.9. The fourth-order valence-corrected chi connectivity index (χ4v) is 5.23. The fraction of sp³-hybridized carbons (Fsp3) is 0.452. The molecule has 0 aliphatic rings. The van der Waals surface area contributed by atoms with Crippen LogP contribution in [-0.2, 0) is 38.0 Å². The van der Waals surface area contributed by atoms with Crippen LogP contribution in [0.2, 0.25) is 0 Å². The number of carboxylic acid groups (broad SMARTS) is 1. The SMILES string of the molecule is CC(N)=N[C@H](CNC(=O)[C@@H](CCS(C)=O)CC(=O)[C@H](Cc1c(C)cc(O)cc1C)N=C(N)N)Cc1ccccc1.O=C(O)C(F)(F)F. The first-order valence-electron chi connectivity index (χ1n) is 14.4. The van der Waals surface area contributed by atoms with Crippen molar-refractivity contribution in [2.24, 2.45) is 33.1 Å². The summed E-state index contributed by atoms with van der Waals surface area (Å²) in [4.78, 5) is 44.4. The number of Topliss-reactive ketones (excluding diaryl/α,β-unsaturated/α-hetero) is 1. The number of halogens is 3. The number of benzene rings is 2. The van der Waals surface area contributed by atoms with Gasteiger partial charge >= 0.3 is 12.1 Å². The average molecular weight is 685 g/mol. The molecule has 0 spiro atoms. The number of nitrogens with one attached hydrogen (secondary N) is 1. The van der Waals surface area contributed by atoms with Crippen LogP contribution in [0.4, 0.5) is 13.2 Å². The Bertz CT molecular complexity index is 1420. The molecule has 0 heterocycles. The van der Waals surface area contributed by atoms with Crippen LogP contribution in [0, 0.1) is 19.8 Å². The third-order valence-corrected chi connectivity index (χ3v) is 7.59. The van der Waals surface area contributed by atoms with Gasteiger partial charge in [0.1, 0.15) is 11.8 Å². The number of carbonyl (C=O) groups excluding carboxylic acids is 2. The maximum Gasteiger partial charge on any atom is 0.490 e. The number of aliphatic carboxylic acids is 1. The quantitative estimate of drug-likeness (QED) is 0.119. The molecule has 9 N–H and O–H groups in total. The lowest BCUT2D eigenvalue weighted by Gasteiger charge is -2.21. The molecule has 0 saturated heterocycles. The van der Waals surface area contributed by atoms with E-state index < -0.39 is 34.9 Å². The molecule has 12 nitrogen and oxygen atoms in total. The summed E-state index contributed by atoms with van der Waals surface area (Å²) >= 11 is 0. The van der Waals surface area contributed by atoms with Gasteiger partial charge in [0.25, 0.3) is 0 Å². The molecule has 47 heavy (non-hydrogen) atoms. The third kappa shape index (κ3) is 16.1. The van der Waals surface area contributed by atoms with Gasteiger partial charge in [-0.2, -0.15) is 13.2 Å². The maximum absolute atomic E-state index is 13.5. The van der Waals surface area contributed by atoms with Crippen LogP contribution in [0.25, 0.3) is 0 Å². The zero-order valence-corrected chi connectivity index (χ0v) is 27.5. The van der Waals surface area contributed by atoms with Gasteiger partial charge in [-0.25, -0.2) is 9.79 Å². The number of aromatic hydroxyl groups is 1. The summed E-state index contributed by atoms with van der Waals surface area (Å²) in [6.45, 7) is 5.59. The molecule has 0 bridgehead atoms. The van der Waals surface area contributed by atoms with E-state index in [4.69, 9.17) is 27.1 Å². The van der Waals surface area contributed by atoms with Crippen molar-refractivity contribution in [1.29, 1.82) is 0 Å². The Balaban J connectivity index is 0.00000141. The fourth-order valence-electron chi connectivity index (χ4n) is 4.61. The normalized spacial score (nSPS) is 14.1. The van der Waals surface area contributed by atoms with E-state index in [1.165, 1.54) is 0 Å². The molecule has 2 rings (SSSR count). The monoisotopic (exact) mass is 684 g/mol. The molecule has 260 valence electrons. The number of amidine groups is 1. The van der Waals surface area contributed by atoms with Gasteiger partial charge in [-0.1, -0.05) is 30.3 Å². The number of nitrogens with zero attached hydrogens (tertiary/aromatic N) is 2. The minimum absolute atomic E-state index is 0.122. The highest BCUT2D eigenvalue weighted by molar-refractivity contribution is 7.84. The van der Waals surface area contributed by atoms with Crippen LogP contribution < -0.4 is 22.5 Å². The average Bonchev–Trinajstić information content (AvgIpc) is 2.94. The molecular weight excluding hydrogens is 641 g/mol. The van der Waals surface area contributed by atoms with Crippen molar-refractivity contribution in [2.45, 2.75) is 64.7 Å². The first-order chi connectivity index (χ1) is 21.8. The van der Waals surface area contributed by atoms with Gasteiger partial charge in [-0.3, -0.25) is 18.8 Å². The second-order valence-electron chi connectivity index (χ2n) is 10.9. The minimum Gasteiger partial charge on any atom is -0.508 e. The topological polar surface area (TPSA) is 224 Å². The van der Waals surface area contributed by atoms with Crippen molar-refractivity contribution in [2.75, 3.05) is 18.6 Å². The van der Waals surface area contributed by atoms with E-state index in [0.29, 0.717) is 12.3 Å². The number of rotatable bonds is 15. The molecular formula is C31H43F3N6O6S. The summed E-state index contributed by atoms with van der Waals surface area (Å²) < 4.78 is 43.6. The lowest BCUT2D eigenvalue weighted by Crippen LogP contribution is -2.39. The molecule has 1 unspecified atom stereocenters. The molecule has 0 aliphatic carbocycles. The van der Waals surface area contributed by atoms with Crippen LogP contribution in [0.1, 0.15) is 42.0 Å². The van der Waals surface area contributed by atoms with Crippen LogP contribution in [0.5, 0.6) is 5.75 Å². The molecule has 0 aliphatic heterocycles. The minimum atomic E-state index is -5.08. The number of nitrogens with two attached hydrogens (primary N) is 3. The van der Waals surface area contributed by atoms with Crippen LogP contribution in [0.15, 0.2) is 52.4 Å². The second kappa shape index (κ2) is 19.3. The van der Waals surface area contributed by atoms with E-state index in [-0.39, 0.29) is 61.0 Å². The number of amides is 1. The second-order valence-corrected chi connectivity index (χ2v) is 12.5. The molecule has 0 fully saturated rings. The van der Waals surface area contributed by atoms with E-state index in [9.17, 15) is 32.1 Å². The van der Waals surface area contributed by atoms with E-state index in [2.05, 4.69) is 15.3 Å². The zero-order valence-electron chi connectivity index (χ0n) is 26.7. The standard InChI is InChI=1S/C29H42N6O4S.C2HF3O2/c1-18-12-24(36)13-19(2)25(18)16-26(35-29(31)32)27(37)15-22(10-11-40(4)39)28(38)33-17-23(34-20(3)30)14-21-8-6-5-7-9-21;3-2(4,5)1(6)7/h5-9,12-13,22-23,26,36H,10-11,14-17H2,1-4H3,(H2,30,34)(H,33,38)(H4,31,32,35);(H,6,7)/t22-,23-,26-,40?;/m0./s1. The number of alkyl halides is 3. The van der Waals surface area contributed by atoms with Crippen molar-refractivity contribution >= 4 is 40.3 Å². The highest BCUT2D eigenvalue weighted by atomic mass is 32.2. The largest absolute Gasteiger partial charge is 0.508 e. The van der Waals surface area contributed by atoms with Crippen molar-refractivity contribution in [3.8, 4) is 5.75 Å². The lowest BCUT2D eigenvalue weighted by atomic mass is 9.90. The number of aryl methyl sites for hydroxylation is 2. The van der Waals surface area contributed by atoms with Crippen molar-refractivity contribution < 1.29 is 42.0 Å². The first kappa shape index (κ1) is 40.6. The zero-order chi connectivity index (χ0) is 35.9. The first-order valence-corrected chi connectivity index (χ1v) is 16.1. The Morgan fingerprint density at radius 3 is 2.02 bits per heavy atom. The van der Waals surface area contributed by atoms with Gasteiger partial charge in [-0.05, 0) is 68.0 Å². The summed E-state index contributed by atoms with van der Waals surface area (Å²) in [6, 6.07) is 11.8. The van der Waals surface area contributed by atoms with Crippen molar-refractivity contribution in [1.82, 2.24) is 5.32 Å². The van der Waals surface area contributed by atoms with Crippen LogP contribution in [-0.4, -0.2) is 80.7 Å². The highest BCUT2D eigenvalue weighted by Gasteiger charge is 2.38. The number of hydrogen-bond donors (Lipinski definition) is 6. The Morgan fingerprint density at radius 1 is 1.00 bits per heavy atom. The lowest BCUT2D eigenvalue weighted by molar-refractivity contribution is -0.192. The number of aliphatic imine (C=N–C) groups is 2. The Morgan fingerprint density at radius 2 is 1.55 bits per heavy atom. The van der Waals surface area contributed by atoms with E-state index in [1.54, 1.807) is 25.3 Å². The molecule has 2 aromatic carbocycles. The van der Waals surface area contributed by atoms with Gasteiger partial charge in [0.05, 0.1) is 11.9 Å². The smallest absolute Gasteiger partial charge is 0.490 e. The molecule has 4 atom stereocenters. The Labute approximate surface area is 274 Å². The summed E-state index contributed by atoms with van der Waals surface area (Å²) in [5.74, 6) is -3.55. The Kier molecular flexibility index (Phi) is 16.6. The summed E-state index contributed by atoms with van der Waals surface area (Å²) in [7, 11) is -1.15. The highest BCUT2D eigenvalue weighted by Crippen LogP contribution is 2.24. The van der Waals surface area contributed by atoms with E-state index in [0.717, 1.165) is 22.3 Å². The number of phenolic OH excluding ortho intramolecular Hbond substituents is 1. The van der Waals surface area contributed by atoms with Crippen LogP contribution >= 0.6 is 0 Å². The van der Waals surface area contributed by atoms with Gasteiger partial charge in [-0.15, -0.1) is 0 Å². The summed E-state index contributed by atoms with van der Waals surface area (Å²) in [5.41, 5.74) is 20.6. The van der Waals surface area contributed by atoms with Gasteiger partial charge in [0.2, 0.25) is 5.91 Å². The molecule has 1 amide bonds. The van der Waals surface area contributed by atoms with E-state index >= 15 is 0 Å². The summed E-state index contributed by atoms with van der Waals surface area (Å²) in [6.07, 6.45) is -2.59. The number of carbonyl (C=O) groups is 3. The van der Waals surface area contributed by atoms with Gasteiger partial charge in [0.15, 0.2) is 11.7 Å². The van der Waals surface area contributed by atoms with Gasteiger partial charge in [0, 0.05) is 48.1 Å². The predicted molar refractivity (Wildman–Crippen MR) is 175 cm³/mol.